The molecule has 0 saturated carbocycles. The van der Waals surface area contributed by atoms with Crippen molar-refractivity contribution in [1.29, 1.82) is 5.26 Å². The van der Waals surface area contributed by atoms with Gasteiger partial charge in [0.25, 0.3) is 0 Å². The Morgan fingerprint density at radius 2 is 1.81 bits per heavy atom. The Balaban J connectivity index is 1.43. The third kappa shape index (κ3) is 9.25. The van der Waals surface area contributed by atoms with E-state index in [2.05, 4.69) is 62.1 Å². The fraction of sp³-hybridized carbons (Fsp3) is 0.590. The van der Waals surface area contributed by atoms with Gasteiger partial charge in [-0.3, -0.25) is 14.6 Å². The number of amides is 1. The minimum atomic E-state index is -2.16. The van der Waals surface area contributed by atoms with Crippen LogP contribution in [0.3, 0.4) is 0 Å². The van der Waals surface area contributed by atoms with Crippen molar-refractivity contribution in [1.82, 2.24) is 24.6 Å². The summed E-state index contributed by atoms with van der Waals surface area (Å²) in [6.45, 7) is 24.0. The molecular formula is C39H56N8O5Si. The van der Waals surface area contributed by atoms with Crippen LogP contribution in [-0.2, 0) is 30.7 Å². The molecule has 0 radical (unpaired) electrons. The van der Waals surface area contributed by atoms with E-state index in [0.29, 0.717) is 48.5 Å². The van der Waals surface area contributed by atoms with Crippen molar-refractivity contribution in [2.45, 2.75) is 104 Å². The lowest BCUT2D eigenvalue weighted by Gasteiger charge is -2.39. The third-order valence-electron chi connectivity index (χ3n) is 10.6. The lowest BCUT2D eigenvalue weighted by Crippen LogP contribution is -2.46. The van der Waals surface area contributed by atoms with Gasteiger partial charge in [-0.15, -0.1) is 0 Å². The normalized spacial score (nSPS) is 18.4. The van der Waals surface area contributed by atoms with Crippen LogP contribution >= 0.6 is 0 Å². The molecule has 1 aromatic carbocycles. The fourth-order valence-electron chi connectivity index (χ4n) is 6.58. The van der Waals surface area contributed by atoms with Crippen molar-refractivity contribution in [3.8, 4) is 17.3 Å². The number of carbonyl (C=O) groups is 2. The van der Waals surface area contributed by atoms with Gasteiger partial charge < -0.3 is 19.2 Å². The number of carbonyl (C=O) groups excluding carboxylic acids is 2. The number of anilines is 3. The van der Waals surface area contributed by atoms with E-state index < -0.39 is 25.4 Å². The summed E-state index contributed by atoms with van der Waals surface area (Å²) in [6, 6.07) is 9.97. The van der Waals surface area contributed by atoms with Crippen LogP contribution in [0.15, 0.2) is 30.5 Å². The van der Waals surface area contributed by atoms with Gasteiger partial charge in [0, 0.05) is 42.9 Å². The number of nitriles is 1. The number of methoxy groups -OCH3 is 1. The number of fused-ring (bicyclic) bond motifs is 1. The highest BCUT2D eigenvalue weighted by Gasteiger charge is 2.47. The predicted molar refractivity (Wildman–Crippen MR) is 208 cm³/mol. The van der Waals surface area contributed by atoms with Crippen LogP contribution in [0.5, 0.6) is 0 Å². The van der Waals surface area contributed by atoms with Crippen LogP contribution in [-0.4, -0.2) is 90.5 Å². The molecule has 3 aromatic rings. The van der Waals surface area contributed by atoms with Crippen LogP contribution in [0.4, 0.5) is 22.2 Å². The molecule has 0 aliphatic carbocycles. The number of esters is 1. The summed E-state index contributed by atoms with van der Waals surface area (Å²) < 4.78 is 19.4. The van der Waals surface area contributed by atoms with Crippen LogP contribution in [0.25, 0.3) is 11.3 Å². The summed E-state index contributed by atoms with van der Waals surface area (Å²) in [5.41, 5.74) is 2.67. The summed E-state index contributed by atoms with van der Waals surface area (Å²) in [6.07, 6.45) is 3.10. The number of piperidine rings is 1. The molecule has 1 N–H and O–H groups in total. The van der Waals surface area contributed by atoms with Gasteiger partial charge in [-0.2, -0.15) is 10.4 Å². The second-order valence-electron chi connectivity index (χ2n) is 17.2. The van der Waals surface area contributed by atoms with Gasteiger partial charge in [-0.1, -0.05) is 27.7 Å². The van der Waals surface area contributed by atoms with Gasteiger partial charge in [0.15, 0.2) is 8.32 Å². The maximum Gasteiger partial charge on any atom is 0.414 e. The molecule has 4 heterocycles. The minimum Gasteiger partial charge on any atom is -0.468 e. The first-order valence-corrected chi connectivity index (χ1v) is 21.3. The number of rotatable bonds is 10. The van der Waals surface area contributed by atoms with Gasteiger partial charge in [0.1, 0.15) is 17.5 Å². The number of aryl methyl sites for hydroxylation is 1. The van der Waals surface area contributed by atoms with E-state index in [9.17, 15) is 14.9 Å². The van der Waals surface area contributed by atoms with Crippen LogP contribution in [0.1, 0.15) is 78.1 Å². The first-order chi connectivity index (χ1) is 24.7. The Bertz CT molecular complexity index is 1870. The molecule has 1 amide bonds. The van der Waals surface area contributed by atoms with Crippen molar-refractivity contribution in [2.75, 3.05) is 50.1 Å². The first kappa shape index (κ1) is 39.9. The van der Waals surface area contributed by atoms with Gasteiger partial charge in [-0.05, 0) is 101 Å². The quantitative estimate of drug-likeness (QED) is 0.166. The molecule has 2 aromatic heterocycles. The van der Waals surface area contributed by atoms with E-state index in [0.717, 1.165) is 55.1 Å². The molecule has 1 saturated heterocycles. The monoisotopic (exact) mass is 744 g/mol. The van der Waals surface area contributed by atoms with Crippen LogP contribution in [0.2, 0.25) is 18.1 Å². The van der Waals surface area contributed by atoms with E-state index in [1.54, 1.807) is 17.2 Å². The molecule has 0 unspecified atom stereocenters. The second-order valence-corrected chi connectivity index (χ2v) is 22.1. The summed E-state index contributed by atoms with van der Waals surface area (Å²) in [5.74, 6) is 1.37. The van der Waals surface area contributed by atoms with E-state index in [1.807, 2.05) is 50.6 Å². The summed E-state index contributed by atoms with van der Waals surface area (Å²) in [4.78, 5) is 38.5. The van der Waals surface area contributed by atoms with Crippen molar-refractivity contribution in [2.24, 2.45) is 5.92 Å². The number of ether oxygens (including phenoxy) is 2. The Morgan fingerprint density at radius 1 is 1.11 bits per heavy atom. The fourth-order valence-corrected chi connectivity index (χ4v) is 7.69. The SMILES string of the molecule is COC(=O)CN1CCC(Cn2nc(C)cc2Nc2nccc(-c3cc(C#N)c4c(c3)[C@@](C)(CO[Si](C)(C)C(C)(C)C)CN4C(=O)OC(C)(C)C)n2)CC1. The molecule has 286 valence electrons. The topological polar surface area (TPSA) is 148 Å². The van der Waals surface area contributed by atoms with Gasteiger partial charge in [0.05, 0.1) is 36.3 Å². The molecule has 2 aliphatic rings. The molecule has 5 rings (SSSR count). The van der Waals surface area contributed by atoms with Crippen molar-refractivity contribution in [3.63, 3.8) is 0 Å². The Labute approximate surface area is 315 Å². The minimum absolute atomic E-state index is 0.00305. The lowest BCUT2D eigenvalue weighted by atomic mass is 9.83. The van der Waals surface area contributed by atoms with E-state index in [1.165, 1.54) is 7.11 Å². The number of hydrogen-bond donors (Lipinski definition) is 1. The second kappa shape index (κ2) is 15.2. The molecule has 0 spiro atoms. The highest BCUT2D eigenvalue weighted by molar-refractivity contribution is 6.74. The van der Waals surface area contributed by atoms with Gasteiger partial charge in [-0.25, -0.2) is 19.4 Å². The smallest absolute Gasteiger partial charge is 0.414 e. The molecule has 14 heteroatoms. The maximum absolute atomic E-state index is 13.6. The van der Waals surface area contributed by atoms with Crippen LogP contribution in [0, 0.1) is 24.2 Å². The molecular weight excluding hydrogens is 689 g/mol. The zero-order valence-corrected chi connectivity index (χ0v) is 34.3. The molecule has 0 bridgehead atoms. The molecule has 2 aliphatic heterocycles. The molecule has 13 nitrogen and oxygen atoms in total. The van der Waals surface area contributed by atoms with E-state index in [4.69, 9.17) is 24.0 Å². The van der Waals surface area contributed by atoms with Crippen molar-refractivity contribution >= 4 is 37.8 Å². The Morgan fingerprint density at radius 3 is 2.43 bits per heavy atom. The first-order valence-electron chi connectivity index (χ1n) is 18.4. The zero-order valence-electron chi connectivity index (χ0n) is 33.3. The number of nitrogens with zero attached hydrogens (tertiary/aromatic N) is 7. The molecule has 1 fully saturated rings. The summed E-state index contributed by atoms with van der Waals surface area (Å²) in [7, 11) is -0.736. The highest BCUT2D eigenvalue weighted by atomic mass is 28.4. The van der Waals surface area contributed by atoms with Gasteiger partial charge in [0.2, 0.25) is 5.95 Å². The molecule has 53 heavy (non-hydrogen) atoms. The zero-order chi connectivity index (χ0) is 38.9. The van der Waals surface area contributed by atoms with Crippen molar-refractivity contribution in [3.05, 3.63) is 47.3 Å². The molecule has 1 atom stereocenters. The van der Waals surface area contributed by atoms with Crippen molar-refractivity contribution < 1.29 is 23.5 Å². The Hall–Kier alpha value is -4.32. The summed E-state index contributed by atoms with van der Waals surface area (Å²) in [5, 5.41) is 18.6. The number of hydrogen-bond acceptors (Lipinski definition) is 11. The average molecular weight is 745 g/mol. The number of aromatic nitrogens is 4. The van der Waals surface area contributed by atoms with E-state index in [-0.39, 0.29) is 11.0 Å². The highest BCUT2D eigenvalue weighted by Crippen LogP contribution is 2.47. The number of likely N-dealkylation sites (tertiary alicyclic amines) is 1. The third-order valence-corrected chi connectivity index (χ3v) is 15.1. The summed E-state index contributed by atoms with van der Waals surface area (Å²) >= 11 is 0. The van der Waals surface area contributed by atoms with Crippen LogP contribution < -0.4 is 10.2 Å². The Kier molecular flexibility index (Phi) is 11.4. The largest absolute Gasteiger partial charge is 0.468 e. The van der Waals surface area contributed by atoms with E-state index >= 15 is 0 Å². The maximum atomic E-state index is 13.6. The number of benzene rings is 1. The lowest BCUT2D eigenvalue weighted by molar-refractivity contribution is -0.142. The average Bonchev–Trinajstić information content (AvgIpc) is 3.58. The van der Waals surface area contributed by atoms with Gasteiger partial charge >= 0.3 is 12.1 Å². The predicted octanol–water partition coefficient (Wildman–Crippen LogP) is 7.18. The standard InChI is InChI=1S/C39H56N8O5Si/c1-26-18-32(47(44-26)22-27-13-16-45(17-14-27)23-33(48)50-9)43-35-41-15-12-31(42-35)28-19-29(21-40)34-30(20-28)39(8,25-51-53(10,11)38(5,6)7)24-46(34)36(49)52-37(2,3)4/h12,15,18-20,27H,13-14,16-17,22-25H2,1-11H3,(H,41,42,43)/t39-/m1/s1. The number of nitrogens with one attached hydrogen (secondary N) is 1.